The maximum Gasteiger partial charge on any atom is 0.355 e. The summed E-state index contributed by atoms with van der Waals surface area (Å²) in [6.45, 7) is 0. The third-order valence-corrected chi connectivity index (χ3v) is 1.81. The molecule has 124 valence electrons. The average molecular weight is 330 g/mol. The first-order chi connectivity index (χ1) is 10.6. The predicted molar refractivity (Wildman–Crippen MR) is 66.8 cm³/mol. The number of carboxylic acid groups (broad SMARTS) is 3. The summed E-state index contributed by atoms with van der Waals surface area (Å²) < 4.78 is 8.44. The van der Waals surface area contributed by atoms with Gasteiger partial charge in [-0.2, -0.15) is 0 Å². The molecular weight excluding hydrogens is 320 g/mol. The van der Waals surface area contributed by atoms with E-state index in [9.17, 15) is 28.8 Å². The van der Waals surface area contributed by atoms with Crippen LogP contribution in [0.15, 0.2) is 24.3 Å². The summed E-state index contributed by atoms with van der Waals surface area (Å²) in [6, 6.07) is 0. The number of esters is 3. The molecule has 0 rings (SSSR count). The van der Waals surface area contributed by atoms with Crippen molar-refractivity contribution in [3.8, 4) is 0 Å². The molecule has 3 N–H and O–H groups in total. The maximum absolute atomic E-state index is 11.5. The Morgan fingerprint density at radius 3 is 1.70 bits per heavy atom. The molecule has 11 nitrogen and oxygen atoms in total. The number of carbonyl (C=O) groups excluding carboxylic acids is 3. The largest absolute Gasteiger partial charge is 0.481 e. The average Bonchev–Trinajstić information content (AvgIpc) is 2.41. The van der Waals surface area contributed by atoms with Crippen LogP contribution in [0.25, 0.3) is 0 Å². The third-order valence-electron chi connectivity index (χ3n) is 1.81. The van der Waals surface area contributed by atoms with E-state index in [1.807, 2.05) is 0 Å². The Labute approximate surface area is 127 Å². The number of aliphatic carboxylic acids is 3. The number of ether oxygens (including phenoxy) is 2. The molecule has 0 aromatic rings. The Hall–Kier alpha value is -3.50. The molecule has 0 saturated carbocycles. The molecule has 0 aromatic carbocycles. The maximum atomic E-state index is 11.5. The summed E-state index contributed by atoms with van der Waals surface area (Å²) in [5.74, 6) is -8.91. The first-order valence-corrected chi connectivity index (χ1v) is 5.62. The second kappa shape index (κ2) is 9.44. The van der Waals surface area contributed by atoms with E-state index in [4.69, 9.17) is 15.3 Å². The van der Waals surface area contributed by atoms with Crippen LogP contribution >= 0.6 is 0 Å². The number of hydrogen-bond donors (Lipinski definition) is 3. The Kier molecular flexibility index (Phi) is 8.00. The molecular formula is C12H10O11. The summed E-state index contributed by atoms with van der Waals surface area (Å²) in [4.78, 5) is 64.7. The molecule has 0 bridgehead atoms. The molecule has 0 aliphatic carbocycles. The van der Waals surface area contributed by atoms with E-state index in [0.717, 1.165) is 0 Å². The molecule has 0 fully saturated rings. The van der Waals surface area contributed by atoms with E-state index in [1.165, 1.54) is 0 Å². The van der Waals surface area contributed by atoms with Crippen molar-refractivity contribution in [2.24, 2.45) is 0 Å². The summed E-state index contributed by atoms with van der Waals surface area (Å²) in [7, 11) is 0. The Morgan fingerprint density at radius 1 is 0.783 bits per heavy atom. The van der Waals surface area contributed by atoms with Crippen LogP contribution in [0.5, 0.6) is 0 Å². The van der Waals surface area contributed by atoms with Crippen molar-refractivity contribution < 1.29 is 53.6 Å². The van der Waals surface area contributed by atoms with Crippen molar-refractivity contribution in [1.29, 1.82) is 0 Å². The van der Waals surface area contributed by atoms with Gasteiger partial charge in [0, 0.05) is 24.3 Å². The number of rotatable bonds is 8. The van der Waals surface area contributed by atoms with E-state index in [0.29, 0.717) is 24.3 Å². The van der Waals surface area contributed by atoms with Crippen LogP contribution in [0.1, 0.15) is 6.42 Å². The normalized spacial score (nSPS) is 11.8. The lowest BCUT2D eigenvalue weighted by atomic mass is 10.2. The lowest BCUT2D eigenvalue weighted by Crippen LogP contribution is -2.32. The van der Waals surface area contributed by atoms with E-state index < -0.39 is 48.3 Å². The molecule has 23 heavy (non-hydrogen) atoms. The molecule has 0 amide bonds. The van der Waals surface area contributed by atoms with Crippen LogP contribution < -0.4 is 0 Å². The van der Waals surface area contributed by atoms with Gasteiger partial charge in [-0.25, -0.2) is 24.0 Å². The summed E-state index contributed by atoms with van der Waals surface area (Å²) in [6.07, 6.45) is -1.54. The van der Waals surface area contributed by atoms with Gasteiger partial charge in [-0.15, -0.1) is 0 Å². The van der Waals surface area contributed by atoms with E-state index in [1.54, 1.807) is 0 Å². The zero-order valence-electron chi connectivity index (χ0n) is 11.2. The SMILES string of the molecule is O=C(O)/C=C\C(=O)OC(CC(=O)O)C(=O)OC(=O)/C=C/C(=O)O. The van der Waals surface area contributed by atoms with Crippen LogP contribution in [0.4, 0.5) is 0 Å². The van der Waals surface area contributed by atoms with Crippen LogP contribution in [-0.4, -0.2) is 57.2 Å². The van der Waals surface area contributed by atoms with Crippen molar-refractivity contribution in [3.05, 3.63) is 24.3 Å². The molecule has 0 radical (unpaired) electrons. The van der Waals surface area contributed by atoms with E-state index >= 15 is 0 Å². The highest BCUT2D eigenvalue weighted by atomic mass is 16.6. The van der Waals surface area contributed by atoms with Gasteiger partial charge in [0.15, 0.2) is 0 Å². The van der Waals surface area contributed by atoms with Gasteiger partial charge in [0.05, 0.1) is 6.42 Å². The van der Waals surface area contributed by atoms with Gasteiger partial charge in [-0.3, -0.25) is 4.79 Å². The van der Waals surface area contributed by atoms with E-state index in [2.05, 4.69) is 9.47 Å². The van der Waals surface area contributed by atoms with E-state index in [-0.39, 0.29) is 0 Å². The van der Waals surface area contributed by atoms with Gasteiger partial charge < -0.3 is 24.8 Å². The summed E-state index contributed by atoms with van der Waals surface area (Å²) >= 11 is 0. The second-order valence-electron chi connectivity index (χ2n) is 3.61. The summed E-state index contributed by atoms with van der Waals surface area (Å²) in [5.41, 5.74) is 0. The predicted octanol–water partition coefficient (Wildman–Crippen LogP) is -1.28. The van der Waals surface area contributed by atoms with Crippen LogP contribution in [-0.2, 0) is 38.2 Å². The minimum absolute atomic E-state index is 0.365. The molecule has 0 aliphatic heterocycles. The zero-order chi connectivity index (χ0) is 18.0. The van der Waals surface area contributed by atoms with Crippen LogP contribution in [0, 0.1) is 0 Å². The van der Waals surface area contributed by atoms with Gasteiger partial charge in [-0.1, -0.05) is 0 Å². The third kappa shape index (κ3) is 9.95. The number of carbonyl (C=O) groups is 6. The smallest absolute Gasteiger partial charge is 0.355 e. The topological polar surface area (TPSA) is 182 Å². The van der Waals surface area contributed by atoms with Gasteiger partial charge in [0.2, 0.25) is 6.10 Å². The van der Waals surface area contributed by atoms with Gasteiger partial charge in [-0.05, 0) is 0 Å². The fourth-order valence-corrected chi connectivity index (χ4v) is 0.989. The lowest BCUT2D eigenvalue weighted by molar-refractivity contribution is -0.172. The quantitative estimate of drug-likeness (QED) is 0.274. The molecule has 0 aliphatic rings. The van der Waals surface area contributed by atoms with Crippen LogP contribution in [0.3, 0.4) is 0 Å². The fraction of sp³-hybridized carbons (Fsp3) is 0.167. The monoisotopic (exact) mass is 330 g/mol. The molecule has 0 heterocycles. The molecule has 0 saturated heterocycles. The van der Waals surface area contributed by atoms with Gasteiger partial charge in [0.1, 0.15) is 0 Å². The molecule has 0 spiro atoms. The highest BCUT2D eigenvalue weighted by Crippen LogP contribution is 2.04. The van der Waals surface area contributed by atoms with Crippen molar-refractivity contribution in [2.75, 3.05) is 0 Å². The second-order valence-corrected chi connectivity index (χ2v) is 3.61. The Bertz CT molecular complexity index is 584. The standard InChI is InChI=1S/C12H10O11/c13-7(14)1-3-10(19)22-6(5-9(17)18)12(21)23-11(20)4-2-8(15)16/h1-4,6H,5H2,(H,13,14)(H,15,16)(H,17,18)/b3-1-,4-2+. The van der Waals surface area contributed by atoms with Gasteiger partial charge >= 0.3 is 35.8 Å². The number of hydrogen-bond acceptors (Lipinski definition) is 8. The fourth-order valence-electron chi connectivity index (χ4n) is 0.989. The first-order valence-electron chi connectivity index (χ1n) is 5.62. The Morgan fingerprint density at radius 2 is 1.26 bits per heavy atom. The lowest BCUT2D eigenvalue weighted by Gasteiger charge is -2.12. The van der Waals surface area contributed by atoms with Crippen molar-refractivity contribution in [1.82, 2.24) is 0 Å². The highest BCUT2D eigenvalue weighted by molar-refractivity contribution is 5.98. The van der Waals surface area contributed by atoms with Crippen molar-refractivity contribution in [3.63, 3.8) is 0 Å². The molecule has 0 aromatic heterocycles. The molecule has 11 heteroatoms. The van der Waals surface area contributed by atoms with Gasteiger partial charge in [0.25, 0.3) is 0 Å². The zero-order valence-corrected chi connectivity index (χ0v) is 11.2. The summed E-state index contributed by atoms with van der Waals surface area (Å²) in [5, 5.41) is 25.1. The van der Waals surface area contributed by atoms with Crippen LogP contribution in [0.2, 0.25) is 0 Å². The molecule has 1 unspecified atom stereocenters. The Balaban J connectivity index is 4.88. The highest BCUT2D eigenvalue weighted by Gasteiger charge is 2.28. The first kappa shape index (κ1) is 19.5. The number of carboxylic acids is 3. The van der Waals surface area contributed by atoms with Crippen molar-refractivity contribution in [2.45, 2.75) is 12.5 Å². The molecule has 1 atom stereocenters. The van der Waals surface area contributed by atoms with Crippen molar-refractivity contribution >= 4 is 35.8 Å². The minimum atomic E-state index is -2.03. The minimum Gasteiger partial charge on any atom is -0.481 e.